The van der Waals surface area contributed by atoms with Crippen molar-refractivity contribution in [3.05, 3.63) is 40.1 Å². The van der Waals surface area contributed by atoms with Crippen molar-refractivity contribution in [2.24, 2.45) is 0 Å². The molecule has 116 valence electrons. The summed E-state index contributed by atoms with van der Waals surface area (Å²) in [7, 11) is 0. The summed E-state index contributed by atoms with van der Waals surface area (Å²) < 4.78 is 2.17. The molecule has 0 saturated heterocycles. The van der Waals surface area contributed by atoms with Crippen LogP contribution in [-0.2, 0) is 30.8 Å². The number of imidazole rings is 1. The molecule has 1 amide bonds. The molecule has 5 nitrogen and oxygen atoms in total. The van der Waals surface area contributed by atoms with Gasteiger partial charge < -0.3 is 9.47 Å². The summed E-state index contributed by atoms with van der Waals surface area (Å²) in [5, 5.41) is 2.13. The Morgan fingerprint density at radius 3 is 3.14 bits per heavy atom. The van der Waals surface area contributed by atoms with Gasteiger partial charge in [-0.3, -0.25) is 9.69 Å². The summed E-state index contributed by atoms with van der Waals surface area (Å²) in [4.78, 5) is 22.9. The van der Waals surface area contributed by atoms with Gasteiger partial charge in [-0.2, -0.15) is 0 Å². The summed E-state index contributed by atoms with van der Waals surface area (Å²) in [5.41, 5.74) is 1.32. The highest BCUT2D eigenvalue weighted by atomic mass is 32.1. The van der Waals surface area contributed by atoms with Gasteiger partial charge in [0.2, 0.25) is 5.91 Å². The summed E-state index contributed by atoms with van der Waals surface area (Å²) in [5.74, 6) is 1.31. The normalized spacial score (nSPS) is 19.6. The van der Waals surface area contributed by atoms with E-state index in [9.17, 15) is 4.79 Å². The lowest BCUT2D eigenvalue weighted by molar-refractivity contribution is -0.138. The fraction of sp³-hybridized carbons (Fsp3) is 0.500. The maximum Gasteiger partial charge on any atom is 0.239 e. The van der Waals surface area contributed by atoms with Crippen molar-refractivity contribution in [2.75, 3.05) is 13.1 Å². The highest BCUT2D eigenvalue weighted by molar-refractivity contribution is 7.10. The number of nitrogens with zero attached hydrogens (tertiary/aromatic N) is 4. The van der Waals surface area contributed by atoms with Gasteiger partial charge in [0.15, 0.2) is 0 Å². The monoisotopic (exact) mass is 316 g/mol. The number of thiophene rings is 1. The second-order valence-electron chi connectivity index (χ2n) is 6.06. The van der Waals surface area contributed by atoms with Crippen LogP contribution in [0.5, 0.6) is 0 Å². The van der Waals surface area contributed by atoms with Gasteiger partial charge in [0.05, 0.1) is 12.6 Å². The zero-order valence-electron chi connectivity index (χ0n) is 12.7. The molecule has 4 rings (SSSR count). The molecule has 0 bridgehead atoms. The summed E-state index contributed by atoms with van der Waals surface area (Å²) in [6.07, 6.45) is 4.85. The maximum absolute atomic E-state index is 12.8. The first-order chi connectivity index (χ1) is 10.7. The van der Waals surface area contributed by atoms with Gasteiger partial charge >= 0.3 is 0 Å². The minimum atomic E-state index is -0.0781. The average Bonchev–Trinajstić information content (AvgIpc) is 3.20. The molecule has 22 heavy (non-hydrogen) atoms. The molecule has 2 aromatic heterocycles. The third kappa shape index (κ3) is 2.36. The molecule has 4 heterocycles. The van der Waals surface area contributed by atoms with E-state index in [4.69, 9.17) is 0 Å². The van der Waals surface area contributed by atoms with E-state index in [0.29, 0.717) is 0 Å². The third-order valence-corrected chi connectivity index (χ3v) is 5.82. The number of hydrogen-bond acceptors (Lipinski definition) is 4. The molecule has 1 atom stereocenters. The Labute approximate surface area is 134 Å². The molecule has 2 aliphatic heterocycles. The molecular formula is C16H20N4OS. The van der Waals surface area contributed by atoms with Gasteiger partial charge in [-0.1, -0.05) is 0 Å². The predicted octanol–water partition coefficient (Wildman–Crippen LogP) is 1.73. The number of amides is 1. The molecule has 0 aliphatic carbocycles. The van der Waals surface area contributed by atoms with E-state index in [1.165, 1.54) is 10.4 Å². The molecule has 6 heteroatoms. The first kappa shape index (κ1) is 14.0. The quantitative estimate of drug-likeness (QED) is 0.847. The summed E-state index contributed by atoms with van der Waals surface area (Å²) in [6.45, 7) is 6.24. The molecule has 2 aliphatic rings. The predicted molar refractivity (Wildman–Crippen MR) is 85.5 cm³/mol. The van der Waals surface area contributed by atoms with Gasteiger partial charge in [-0.05, 0) is 30.4 Å². The van der Waals surface area contributed by atoms with Crippen LogP contribution >= 0.6 is 11.3 Å². The fourth-order valence-electron chi connectivity index (χ4n) is 3.38. The number of hydrogen-bond donors (Lipinski definition) is 0. The van der Waals surface area contributed by atoms with Gasteiger partial charge in [0.25, 0.3) is 0 Å². The van der Waals surface area contributed by atoms with Crippen molar-refractivity contribution in [1.82, 2.24) is 19.4 Å². The van der Waals surface area contributed by atoms with Crippen LogP contribution in [0.1, 0.15) is 23.2 Å². The number of fused-ring (bicyclic) bond motifs is 2. The molecular weight excluding hydrogens is 296 g/mol. The number of aromatic nitrogens is 2. The highest BCUT2D eigenvalue weighted by Gasteiger charge is 2.30. The Morgan fingerprint density at radius 2 is 2.23 bits per heavy atom. The van der Waals surface area contributed by atoms with Crippen LogP contribution in [0, 0.1) is 0 Å². The summed E-state index contributed by atoms with van der Waals surface area (Å²) in [6, 6.07) is 2.08. The number of carbonyl (C=O) groups excluding carboxylic acids is 1. The smallest absolute Gasteiger partial charge is 0.239 e. The largest absolute Gasteiger partial charge is 0.337 e. The van der Waals surface area contributed by atoms with E-state index in [2.05, 4.69) is 25.9 Å². The Kier molecular flexibility index (Phi) is 3.50. The minimum Gasteiger partial charge on any atom is -0.337 e. The van der Waals surface area contributed by atoms with E-state index in [-0.39, 0.29) is 11.9 Å². The molecule has 0 unspecified atom stereocenters. The minimum absolute atomic E-state index is 0.0781. The van der Waals surface area contributed by atoms with Crippen LogP contribution < -0.4 is 0 Å². The van der Waals surface area contributed by atoms with Gasteiger partial charge in [-0.25, -0.2) is 4.98 Å². The zero-order valence-corrected chi connectivity index (χ0v) is 13.6. The van der Waals surface area contributed by atoms with Crippen LogP contribution in [0.2, 0.25) is 0 Å². The first-order valence-electron chi connectivity index (χ1n) is 7.80. The molecule has 2 aromatic rings. The lowest BCUT2D eigenvalue weighted by Gasteiger charge is -2.36. The Bertz CT molecular complexity index is 692. The maximum atomic E-state index is 12.8. The molecule has 0 aromatic carbocycles. The summed E-state index contributed by atoms with van der Waals surface area (Å²) >= 11 is 1.81. The van der Waals surface area contributed by atoms with Crippen molar-refractivity contribution in [3.63, 3.8) is 0 Å². The SMILES string of the molecule is C[C@@H](C(=O)N1CCc2sccc2C1)N1CCn2ccnc2C1. The Hall–Kier alpha value is -1.66. The van der Waals surface area contributed by atoms with Crippen molar-refractivity contribution >= 4 is 17.2 Å². The van der Waals surface area contributed by atoms with E-state index < -0.39 is 0 Å². The lowest BCUT2D eigenvalue weighted by Crippen LogP contribution is -2.50. The van der Waals surface area contributed by atoms with Crippen molar-refractivity contribution in [1.29, 1.82) is 0 Å². The zero-order chi connectivity index (χ0) is 15.1. The highest BCUT2D eigenvalue weighted by Crippen LogP contribution is 2.25. The van der Waals surface area contributed by atoms with Crippen LogP contribution in [0.25, 0.3) is 0 Å². The molecule has 0 fully saturated rings. The Morgan fingerprint density at radius 1 is 1.32 bits per heavy atom. The fourth-order valence-corrected chi connectivity index (χ4v) is 4.27. The first-order valence-corrected chi connectivity index (χ1v) is 8.68. The standard InChI is InChI=1S/C16H20N4OS/c1-12(19-8-7-18-6-4-17-15(18)11-19)16(21)20-5-2-14-13(10-20)3-9-22-14/h3-4,6,9,12H,2,5,7-8,10-11H2,1H3/t12-/m0/s1. The Balaban J connectivity index is 1.45. The lowest BCUT2D eigenvalue weighted by atomic mass is 10.1. The van der Waals surface area contributed by atoms with Gasteiger partial charge in [-0.15, -0.1) is 11.3 Å². The van der Waals surface area contributed by atoms with Crippen molar-refractivity contribution in [3.8, 4) is 0 Å². The molecule has 0 saturated carbocycles. The van der Waals surface area contributed by atoms with Crippen LogP contribution in [0.15, 0.2) is 23.8 Å². The number of carbonyl (C=O) groups is 1. The van der Waals surface area contributed by atoms with Crippen LogP contribution in [0.3, 0.4) is 0 Å². The molecule has 0 spiro atoms. The average molecular weight is 316 g/mol. The van der Waals surface area contributed by atoms with Crippen LogP contribution in [0.4, 0.5) is 0 Å². The number of rotatable bonds is 2. The second kappa shape index (κ2) is 5.52. The van der Waals surface area contributed by atoms with Gasteiger partial charge in [0.1, 0.15) is 5.82 Å². The van der Waals surface area contributed by atoms with Gasteiger partial charge in [0, 0.05) is 43.4 Å². The van der Waals surface area contributed by atoms with Crippen LogP contribution in [-0.4, -0.2) is 44.4 Å². The topological polar surface area (TPSA) is 41.4 Å². The third-order valence-electron chi connectivity index (χ3n) is 4.80. The second-order valence-corrected chi connectivity index (χ2v) is 7.06. The van der Waals surface area contributed by atoms with E-state index in [1.54, 1.807) is 0 Å². The molecule has 0 radical (unpaired) electrons. The van der Waals surface area contributed by atoms with Crippen molar-refractivity contribution in [2.45, 2.75) is 39.0 Å². The van der Waals surface area contributed by atoms with E-state index >= 15 is 0 Å². The van der Waals surface area contributed by atoms with E-state index in [1.807, 2.05) is 35.6 Å². The van der Waals surface area contributed by atoms with Crippen molar-refractivity contribution < 1.29 is 4.79 Å². The van der Waals surface area contributed by atoms with E-state index in [0.717, 1.165) is 45.0 Å². The molecule has 0 N–H and O–H groups in total.